The molecule has 4 rings (SSSR count). The maximum Gasteiger partial charge on any atom is 0.243 e. The number of methoxy groups -OCH3 is 2. The maximum atomic E-state index is 13.7. The smallest absolute Gasteiger partial charge is 0.243 e. The molecule has 1 amide bonds. The van der Waals surface area contributed by atoms with Gasteiger partial charge in [0.15, 0.2) is 11.5 Å². The Hall–Kier alpha value is -3.36. The lowest BCUT2D eigenvalue weighted by Gasteiger charge is -2.28. The second-order valence-electron chi connectivity index (χ2n) is 8.80. The number of ether oxygens (including phenoxy) is 2. The van der Waals surface area contributed by atoms with E-state index in [0.717, 1.165) is 30.4 Å². The van der Waals surface area contributed by atoms with Crippen molar-refractivity contribution in [2.75, 3.05) is 27.3 Å². The van der Waals surface area contributed by atoms with Crippen molar-refractivity contribution in [3.8, 4) is 11.5 Å². The number of hydrogen-bond donors (Lipinski definition) is 1. The molecule has 36 heavy (non-hydrogen) atoms. The second-order valence-corrected chi connectivity index (χ2v) is 10.7. The summed E-state index contributed by atoms with van der Waals surface area (Å²) < 4.78 is 39.2. The van der Waals surface area contributed by atoms with Crippen molar-refractivity contribution in [1.29, 1.82) is 0 Å². The first kappa shape index (κ1) is 25.7. The first-order chi connectivity index (χ1) is 17.4. The largest absolute Gasteiger partial charge is 0.493 e. The minimum Gasteiger partial charge on any atom is -0.493 e. The molecule has 0 radical (unpaired) electrons. The van der Waals surface area contributed by atoms with Crippen LogP contribution in [0.25, 0.3) is 0 Å². The molecule has 0 aromatic heterocycles. The summed E-state index contributed by atoms with van der Waals surface area (Å²) in [6.07, 6.45) is 3.27. The monoisotopic (exact) mass is 508 g/mol. The summed E-state index contributed by atoms with van der Waals surface area (Å²) in [5.74, 6) is 0.416. The van der Waals surface area contributed by atoms with Crippen LogP contribution in [0.5, 0.6) is 11.5 Å². The Balaban J connectivity index is 1.57. The Kier molecular flexibility index (Phi) is 8.28. The lowest BCUT2D eigenvalue weighted by atomic mass is 9.88. The number of fused-ring (bicyclic) bond motifs is 1. The number of sulfonamides is 1. The summed E-state index contributed by atoms with van der Waals surface area (Å²) in [5, 5.41) is 3.08. The highest BCUT2D eigenvalue weighted by atomic mass is 32.2. The van der Waals surface area contributed by atoms with Gasteiger partial charge >= 0.3 is 0 Å². The van der Waals surface area contributed by atoms with Crippen LogP contribution in [0.4, 0.5) is 0 Å². The molecule has 1 atom stereocenters. The molecule has 1 aliphatic rings. The SMILES string of the molecule is COc1ccc(S(=O)(=O)N(CCc2ccccc2)CC(=O)N[C@@H]2CCCc3ccccc32)cc1OC. The van der Waals surface area contributed by atoms with Gasteiger partial charge in [-0.3, -0.25) is 4.79 Å². The molecule has 0 aliphatic heterocycles. The van der Waals surface area contributed by atoms with Crippen molar-refractivity contribution in [3.63, 3.8) is 0 Å². The Morgan fingerprint density at radius 1 is 0.972 bits per heavy atom. The Morgan fingerprint density at radius 3 is 2.44 bits per heavy atom. The van der Waals surface area contributed by atoms with Gasteiger partial charge < -0.3 is 14.8 Å². The normalized spacial score (nSPS) is 15.2. The van der Waals surface area contributed by atoms with Crippen molar-refractivity contribution in [2.45, 2.75) is 36.6 Å². The number of amides is 1. The molecule has 8 heteroatoms. The predicted octanol–water partition coefficient (Wildman–Crippen LogP) is 4.13. The van der Waals surface area contributed by atoms with Gasteiger partial charge in [-0.1, -0.05) is 54.6 Å². The fraction of sp³-hybridized carbons (Fsp3) is 0.321. The van der Waals surface area contributed by atoms with Gasteiger partial charge in [-0.05, 0) is 54.5 Å². The molecule has 0 fully saturated rings. The molecule has 1 N–H and O–H groups in total. The fourth-order valence-electron chi connectivity index (χ4n) is 4.61. The predicted molar refractivity (Wildman–Crippen MR) is 139 cm³/mol. The van der Waals surface area contributed by atoms with Gasteiger partial charge in [0.2, 0.25) is 15.9 Å². The Bertz CT molecular complexity index is 1290. The summed E-state index contributed by atoms with van der Waals surface area (Å²) in [4.78, 5) is 13.2. The number of hydrogen-bond acceptors (Lipinski definition) is 5. The van der Waals surface area contributed by atoms with Gasteiger partial charge in [0.1, 0.15) is 0 Å². The highest BCUT2D eigenvalue weighted by Gasteiger charge is 2.29. The van der Waals surface area contributed by atoms with Crippen LogP contribution in [-0.4, -0.2) is 45.9 Å². The number of aryl methyl sites for hydroxylation is 1. The standard InChI is InChI=1S/C28H32N2O5S/c1-34-26-16-15-23(19-27(26)35-2)36(32,33)30(18-17-21-9-4-3-5-10-21)20-28(31)29-25-14-8-12-22-11-6-7-13-24(22)25/h3-7,9-11,13,15-16,19,25H,8,12,14,17-18,20H2,1-2H3,(H,29,31)/t25-/m1/s1. The third-order valence-electron chi connectivity index (χ3n) is 6.51. The van der Waals surface area contributed by atoms with Crippen LogP contribution >= 0.6 is 0 Å². The van der Waals surface area contributed by atoms with Crippen LogP contribution in [0.15, 0.2) is 77.7 Å². The van der Waals surface area contributed by atoms with Crippen LogP contribution in [0.1, 0.15) is 35.6 Å². The Morgan fingerprint density at radius 2 is 1.69 bits per heavy atom. The van der Waals surface area contributed by atoms with Gasteiger partial charge in [-0.15, -0.1) is 0 Å². The van der Waals surface area contributed by atoms with E-state index in [2.05, 4.69) is 11.4 Å². The molecule has 3 aromatic rings. The summed E-state index contributed by atoms with van der Waals surface area (Å²) in [6.45, 7) is -0.114. The Labute approximate surface area is 213 Å². The zero-order chi connectivity index (χ0) is 25.5. The molecule has 190 valence electrons. The van der Waals surface area contributed by atoms with E-state index in [1.54, 1.807) is 6.07 Å². The van der Waals surface area contributed by atoms with Gasteiger partial charge in [-0.25, -0.2) is 8.42 Å². The molecule has 0 saturated carbocycles. The minimum absolute atomic E-state index is 0.0454. The van der Waals surface area contributed by atoms with Crippen molar-refractivity contribution in [2.24, 2.45) is 0 Å². The first-order valence-corrected chi connectivity index (χ1v) is 13.5. The quantitative estimate of drug-likeness (QED) is 0.445. The third kappa shape index (κ3) is 5.88. The molecule has 0 bridgehead atoms. The number of nitrogens with one attached hydrogen (secondary N) is 1. The molecule has 0 heterocycles. The lowest BCUT2D eigenvalue weighted by molar-refractivity contribution is -0.122. The van der Waals surface area contributed by atoms with Gasteiger partial charge in [-0.2, -0.15) is 4.31 Å². The van der Waals surface area contributed by atoms with Crippen molar-refractivity contribution in [1.82, 2.24) is 9.62 Å². The van der Waals surface area contributed by atoms with E-state index in [9.17, 15) is 13.2 Å². The summed E-state index contributed by atoms with van der Waals surface area (Å²) in [6, 6.07) is 22.1. The number of benzene rings is 3. The second kappa shape index (κ2) is 11.6. The van der Waals surface area contributed by atoms with Gasteiger partial charge in [0, 0.05) is 12.6 Å². The fourth-order valence-corrected chi connectivity index (χ4v) is 6.03. The average molecular weight is 509 g/mol. The van der Waals surface area contributed by atoms with E-state index < -0.39 is 10.0 Å². The van der Waals surface area contributed by atoms with Crippen LogP contribution in [0.2, 0.25) is 0 Å². The number of rotatable bonds is 10. The molecular formula is C28H32N2O5S. The van der Waals surface area contributed by atoms with Crippen LogP contribution in [0.3, 0.4) is 0 Å². The van der Waals surface area contributed by atoms with E-state index in [4.69, 9.17) is 9.47 Å². The zero-order valence-corrected chi connectivity index (χ0v) is 21.5. The summed E-state index contributed by atoms with van der Waals surface area (Å²) in [7, 11) is -1.04. The highest BCUT2D eigenvalue weighted by molar-refractivity contribution is 7.89. The van der Waals surface area contributed by atoms with Gasteiger partial charge in [0.25, 0.3) is 0 Å². The minimum atomic E-state index is -3.99. The average Bonchev–Trinajstić information content (AvgIpc) is 2.91. The molecule has 0 saturated heterocycles. The van der Waals surface area contributed by atoms with Crippen molar-refractivity contribution >= 4 is 15.9 Å². The molecular weight excluding hydrogens is 476 g/mol. The summed E-state index contributed by atoms with van der Waals surface area (Å²) in [5.41, 5.74) is 3.33. The number of carbonyl (C=O) groups is 1. The highest BCUT2D eigenvalue weighted by Crippen LogP contribution is 2.31. The van der Waals surface area contributed by atoms with Crippen molar-refractivity contribution in [3.05, 3.63) is 89.5 Å². The van der Waals surface area contributed by atoms with E-state index in [1.165, 1.54) is 36.2 Å². The van der Waals surface area contributed by atoms with Crippen molar-refractivity contribution < 1.29 is 22.7 Å². The summed E-state index contributed by atoms with van der Waals surface area (Å²) >= 11 is 0. The maximum absolute atomic E-state index is 13.7. The lowest BCUT2D eigenvalue weighted by Crippen LogP contribution is -2.43. The molecule has 7 nitrogen and oxygen atoms in total. The van der Waals surface area contributed by atoms with E-state index >= 15 is 0 Å². The first-order valence-electron chi connectivity index (χ1n) is 12.1. The topological polar surface area (TPSA) is 84.9 Å². The third-order valence-corrected chi connectivity index (χ3v) is 8.35. The van der Waals surface area contributed by atoms with Crippen LogP contribution < -0.4 is 14.8 Å². The number of carbonyl (C=O) groups excluding carboxylic acids is 1. The molecule has 0 spiro atoms. The number of nitrogens with zero attached hydrogens (tertiary/aromatic N) is 1. The van der Waals surface area contributed by atoms with Gasteiger partial charge in [0.05, 0.1) is 31.7 Å². The van der Waals surface area contributed by atoms with Crippen LogP contribution in [-0.2, 0) is 27.7 Å². The molecule has 3 aromatic carbocycles. The van der Waals surface area contributed by atoms with E-state index in [-0.39, 0.29) is 29.9 Å². The van der Waals surface area contributed by atoms with E-state index in [0.29, 0.717) is 17.9 Å². The molecule has 1 aliphatic carbocycles. The van der Waals surface area contributed by atoms with E-state index in [1.807, 2.05) is 48.5 Å². The molecule has 0 unspecified atom stereocenters. The van der Waals surface area contributed by atoms with Crippen LogP contribution in [0, 0.1) is 0 Å². The zero-order valence-electron chi connectivity index (χ0n) is 20.6.